The lowest BCUT2D eigenvalue weighted by molar-refractivity contribution is 0.102. The molecule has 0 atom stereocenters. The van der Waals surface area contributed by atoms with Gasteiger partial charge in [-0.1, -0.05) is 72.3 Å². The Labute approximate surface area is 183 Å². The number of nitrogens with one attached hydrogen (secondary N) is 1. The number of allylic oxidation sites excluding steroid dienone is 2. The summed E-state index contributed by atoms with van der Waals surface area (Å²) in [6, 6.07) is 20.8. The van der Waals surface area contributed by atoms with Crippen LogP contribution in [0.4, 0.5) is 5.69 Å². The molecule has 3 rings (SSSR count). The smallest absolute Gasteiger partial charge is 0.260 e. The first kappa shape index (κ1) is 21.9. The third kappa shape index (κ3) is 5.64. The van der Waals surface area contributed by atoms with Crippen molar-refractivity contribution >= 4 is 23.7 Å². The van der Waals surface area contributed by atoms with Gasteiger partial charge in [-0.25, -0.2) is 0 Å². The SMILES string of the molecule is COc1cc(/C=C/c2ccccc2)c(C(=O)Nc2ccccc2)c(O)c1CC=C(C)C. The van der Waals surface area contributed by atoms with Crippen molar-refractivity contribution in [1.29, 1.82) is 0 Å². The van der Waals surface area contributed by atoms with Crippen LogP contribution in [0.25, 0.3) is 12.2 Å². The van der Waals surface area contributed by atoms with Crippen LogP contribution in [-0.2, 0) is 6.42 Å². The Kier molecular flexibility index (Phi) is 7.28. The Morgan fingerprint density at radius 1 is 1.00 bits per heavy atom. The van der Waals surface area contributed by atoms with Gasteiger partial charge in [0.25, 0.3) is 5.91 Å². The first-order valence-electron chi connectivity index (χ1n) is 10.1. The van der Waals surface area contributed by atoms with E-state index >= 15 is 0 Å². The first-order valence-corrected chi connectivity index (χ1v) is 10.1. The van der Waals surface area contributed by atoms with E-state index < -0.39 is 0 Å². The molecule has 0 unspecified atom stereocenters. The molecule has 0 aliphatic rings. The molecule has 4 heteroatoms. The number of para-hydroxylation sites is 1. The fourth-order valence-electron chi connectivity index (χ4n) is 3.23. The van der Waals surface area contributed by atoms with Gasteiger partial charge in [0.2, 0.25) is 0 Å². The number of amides is 1. The van der Waals surface area contributed by atoms with Crippen LogP contribution in [0, 0.1) is 0 Å². The molecule has 2 N–H and O–H groups in total. The molecule has 31 heavy (non-hydrogen) atoms. The van der Waals surface area contributed by atoms with Crippen LogP contribution in [0.3, 0.4) is 0 Å². The minimum Gasteiger partial charge on any atom is -0.507 e. The highest BCUT2D eigenvalue weighted by Gasteiger charge is 2.22. The molecular weight excluding hydrogens is 386 g/mol. The number of phenols is 1. The van der Waals surface area contributed by atoms with Crippen LogP contribution in [0.2, 0.25) is 0 Å². The zero-order valence-electron chi connectivity index (χ0n) is 18.1. The van der Waals surface area contributed by atoms with Gasteiger partial charge in [-0.05, 0) is 49.6 Å². The quantitative estimate of drug-likeness (QED) is 0.351. The lowest BCUT2D eigenvalue weighted by atomic mass is 9.96. The average molecular weight is 414 g/mol. The van der Waals surface area contributed by atoms with Crippen LogP contribution in [0.15, 0.2) is 78.4 Å². The van der Waals surface area contributed by atoms with Crippen molar-refractivity contribution in [3.05, 3.63) is 101 Å². The van der Waals surface area contributed by atoms with Gasteiger partial charge in [0, 0.05) is 11.3 Å². The lowest BCUT2D eigenvalue weighted by Gasteiger charge is -2.16. The highest BCUT2D eigenvalue weighted by Crippen LogP contribution is 2.36. The van der Waals surface area contributed by atoms with Crippen molar-refractivity contribution in [2.45, 2.75) is 20.3 Å². The summed E-state index contributed by atoms with van der Waals surface area (Å²) in [6.07, 6.45) is 6.19. The zero-order chi connectivity index (χ0) is 22.2. The Morgan fingerprint density at radius 2 is 1.65 bits per heavy atom. The van der Waals surface area contributed by atoms with E-state index in [1.54, 1.807) is 13.2 Å². The van der Waals surface area contributed by atoms with E-state index in [-0.39, 0.29) is 17.2 Å². The summed E-state index contributed by atoms with van der Waals surface area (Å²) in [7, 11) is 1.56. The highest BCUT2D eigenvalue weighted by molar-refractivity contribution is 6.09. The molecule has 1 amide bonds. The molecule has 3 aromatic rings. The van der Waals surface area contributed by atoms with E-state index in [0.29, 0.717) is 29.0 Å². The Hall–Kier alpha value is -3.79. The van der Waals surface area contributed by atoms with Crippen LogP contribution in [-0.4, -0.2) is 18.1 Å². The fourth-order valence-corrected chi connectivity index (χ4v) is 3.23. The molecule has 0 saturated carbocycles. The molecule has 0 heterocycles. The van der Waals surface area contributed by atoms with Crippen molar-refractivity contribution in [3.8, 4) is 11.5 Å². The van der Waals surface area contributed by atoms with Crippen molar-refractivity contribution in [3.63, 3.8) is 0 Å². The molecule has 0 aromatic heterocycles. The van der Waals surface area contributed by atoms with E-state index in [2.05, 4.69) is 5.32 Å². The number of rotatable bonds is 7. The van der Waals surface area contributed by atoms with Crippen molar-refractivity contribution in [1.82, 2.24) is 0 Å². The molecule has 3 aromatic carbocycles. The average Bonchev–Trinajstić information content (AvgIpc) is 2.77. The summed E-state index contributed by atoms with van der Waals surface area (Å²) in [5, 5.41) is 14.0. The second-order valence-corrected chi connectivity index (χ2v) is 7.42. The summed E-state index contributed by atoms with van der Waals surface area (Å²) in [6.45, 7) is 3.98. The third-order valence-electron chi connectivity index (χ3n) is 4.84. The van der Waals surface area contributed by atoms with E-state index in [1.165, 1.54) is 0 Å². The molecule has 0 saturated heterocycles. The number of anilines is 1. The predicted octanol–water partition coefficient (Wildman–Crippen LogP) is 6.33. The maximum atomic E-state index is 13.2. The van der Waals surface area contributed by atoms with Crippen LogP contribution in [0.5, 0.6) is 11.5 Å². The minimum absolute atomic E-state index is 0.0713. The molecule has 158 valence electrons. The first-order chi connectivity index (χ1) is 15.0. The van der Waals surface area contributed by atoms with E-state index in [0.717, 1.165) is 11.1 Å². The van der Waals surface area contributed by atoms with Crippen LogP contribution in [0.1, 0.15) is 40.9 Å². The largest absolute Gasteiger partial charge is 0.507 e. The minimum atomic E-state index is -0.377. The van der Waals surface area contributed by atoms with Gasteiger partial charge in [0.05, 0.1) is 12.7 Å². The number of carbonyl (C=O) groups is 1. The molecule has 4 nitrogen and oxygen atoms in total. The second-order valence-electron chi connectivity index (χ2n) is 7.42. The Bertz CT molecular complexity index is 1100. The zero-order valence-corrected chi connectivity index (χ0v) is 18.1. The maximum Gasteiger partial charge on any atom is 0.260 e. The van der Waals surface area contributed by atoms with Crippen molar-refractivity contribution < 1.29 is 14.6 Å². The maximum absolute atomic E-state index is 13.2. The number of aromatic hydroxyl groups is 1. The molecule has 0 radical (unpaired) electrons. The van der Waals surface area contributed by atoms with Gasteiger partial charge in [0.1, 0.15) is 11.5 Å². The standard InChI is InChI=1S/C27H27NO3/c1-19(2)14-17-23-24(31-3)18-21(16-15-20-10-6-4-7-11-20)25(26(23)29)27(30)28-22-12-8-5-9-13-22/h4-16,18,29H,17H2,1-3H3,(H,28,30)/b16-15+. The van der Waals surface area contributed by atoms with Crippen molar-refractivity contribution in [2.24, 2.45) is 0 Å². The predicted molar refractivity (Wildman–Crippen MR) is 128 cm³/mol. The molecule has 0 aliphatic carbocycles. The van der Waals surface area contributed by atoms with E-state index in [4.69, 9.17) is 4.74 Å². The van der Waals surface area contributed by atoms with Gasteiger partial charge < -0.3 is 15.2 Å². The third-order valence-corrected chi connectivity index (χ3v) is 4.84. The number of ether oxygens (including phenoxy) is 1. The Balaban J connectivity index is 2.10. The Morgan fingerprint density at radius 3 is 2.26 bits per heavy atom. The fraction of sp³-hybridized carbons (Fsp3) is 0.148. The topological polar surface area (TPSA) is 58.6 Å². The van der Waals surface area contributed by atoms with Gasteiger partial charge in [-0.3, -0.25) is 4.79 Å². The monoisotopic (exact) mass is 413 g/mol. The van der Waals surface area contributed by atoms with Crippen LogP contribution >= 0.6 is 0 Å². The number of hydrogen-bond donors (Lipinski definition) is 2. The molecule has 0 fully saturated rings. The summed E-state index contributed by atoms with van der Waals surface area (Å²) in [5.41, 5.74) is 4.14. The highest BCUT2D eigenvalue weighted by atomic mass is 16.5. The number of benzene rings is 3. The lowest BCUT2D eigenvalue weighted by Crippen LogP contribution is -2.15. The normalized spacial score (nSPS) is 10.7. The summed E-state index contributed by atoms with van der Waals surface area (Å²) < 4.78 is 5.55. The van der Waals surface area contributed by atoms with E-state index in [1.807, 2.05) is 92.7 Å². The molecular formula is C27H27NO3. The number of methoxy groups -OCH3 is 1. The van der Waals surface area contributed by atoms with E-state index in [9.17, 15) is 9.90 Å². The summed E-state index contributed by atoms with van der Waals surface area (Å²) in [5.74, 6) is 0.0921. The number of carbonyl (C=O) groups excluding carboxylic acids is 1. The van der Waals surface area contributed by atoms with Gasteiger partial charge >= 0.3 is 0 Å². The number of hydrogen-bond acceptors (Lipinski definition) is 3. The molecule has 0 bridgehead atoms. The second kappa shape index (κ2) is 10.3. The van der Waals surface area contributed by atoms with Gasteiger partial charge in [0.15, 0.2) is 0 Å². The van der Waals surface area contributed by atoms with Crippen molar-refractivity contribution in [2.75, 3.05) is 12.4 Å². The van der Waals surface area contributed by atoms with Gasteiger partial charge in [-0.15, -0.1) is 0 Å². The molecule has 0 aliphatic heterocycles. The van der Waals surface area contributed by atoms with Gasteiger partial charge in [-0.2, -0.15) is 0 Å². The number of phenolic OH excluding ortho intramolecular Hbond substituents is 1. The molecule has 0 spiro atoms. The van der Waals surface area contributed by atoms with Crippen LogP contribution < -0.4 is 10.1 Å². The summed E-state index contributed by atoms with van der Waals surface area (Å²) >= 11 is 0. The summed E-state index contributed by atoms with van der Waals surface area (Å²) in [4.78, 5) is 13.2.